The predicted molar refractivity (Wildman–Crippen MR) is 118 cm³/mol. The van der Waals surface area contributed by atoms with Crippen LogP contribution in [0.3, 0.4) is 0 Å². The zero-order valence-electron chi connectivity index (χ0n) is 15.5. The fourth-order valence-corrected chi connectivity index (χ4v) is 3.86. The lowest BCUT2D eigenvalue weighted by Crippen LogP contribution is -2.36. The fourth-order valence-electron chi connectivity index (χ4n) is 2.56. The summed E-state index contributed by atoms with van der Waals surface area (Å²) < 4.78 is 5.53. The van der Waals surface area contributed by atoms with Crippen molar-refractivity contribution >= 4 is 74.1 Å². The number of methoxy groups -OCH3 is 1. The molecule has 0 radical (unpaired) electrons. The SMILES string of the molecule is COC(=O)c1cc(NC(=O)CN2C(=O)S/C(=C/c3ccc(Br)cc3)C2=O)ccc1Cl. The molecule has 3 rings (SSSR count). The van der Waals surface area contributed by atoms with Gasteiger partial charge in [0.25, 0.3) is 11.1 Å². The van der Waals surface area contributed by atoms with Crippen LogP contribution in [0.1, 0.15) is 15.9 Å². The van der Waals surface area contributed by atoms with Crippen molar-refractivity contribution in [3.63, 3.8) is 0 Å². The highest BCUT2D eigenvalue weighted by molar-refractivity contribution is 9.10. The smallest absolute Gasteiger partial charge is 0.339 e. The lowest BCUT2D eigenvalue weighted by molar-refractivity contribution is -0.127. The van der Waals surface area contributed by atoms with Gasteiger partial charge < -0.3 is 10.1 Å². The number of amides is 3. The number of carbonyl (C=O) groups is 4. The maximum Gasteiger partial charge on any atom is 0.339 e. The molecule has 0 unspecified atom stereocenters. The van der Waals surface area contributed by atoms with Gasteiger partial charge in [0, 0.05) is 10.2 Å². The zero-order chi connectivity index (χ0) is 21.8. The van der Waals surface area contributed by atoms with Gasteiger partial charge in [0.2, 0.25) is 5.91 Å². The first-order valence-corrected chi connectivity index (χ1v) is 10.5. The summed E-state index contributed by atoms with van der Waals surface area (Å²) in [6.07, 6.45) is 1.59. The minimum atomic E-state index is -0.653. The molecule has 2 aromatic carbocycles. The van der Waals surface area contributed by atoms with Gasteiger partial charge in [-0.3, -0.25) is 19.3 Å². The highest BCUT2D eigenvalue weighted by atomic mass is 79.9. The van der Waals surface area contributed by atoms with E-state index in [1.165, 1.54) is 25.3 Å². The normalized spacial score (nSPS) is 14.9. The number of anilines is 1. The Morgan fingerprint density at radius 1 is 1.20 bits per heavy atom. The Morgan fingerprint density at radius 2 is 1.90 bits per heavy atom. The van der Waals surface area contributed by atoms with E-state index in [1.54, 1.807) is 18.2 Å². The van der Waals surface area contributed by atoms with Gasteiger partial charge in [-0.05, 0) is 53.7 Å². The van der Waals surface area contributed by atoms with Crippen LogP contribution < -0.4 is 5.32 Å². The summed E-state index contributed by atoms with van der Waals surface area (Å²) in [6, 6.07) is 11.5. The van der Waals surface area contributed by atoms with Crippen LogP contribution in [0.25, 0.3) is 6.08 Å². The van der Waals surface area contributed by atoms with Gasteiger partial charge in [-0.1, -0.05) is 39.7 Å². The zero-order valence-corrected chi connectivity index (χ0v) is 18.6. The molecular formula is C20H14BrClN2O5S. The van der Waals surface area contributed by atoms with Crippen molar-refractivity contribution in [2.45, 2.75) is 0 Å². The van der Waals surface area contributed by atoms with Crippen LogP contribution in [-0.2, 0) is 14.3 Å². The van der Waals surface area contributed by atoms with Crippen LogP contribution in [0.15, 0.2) is 51.8 Å². The van der Waals surface area contributed by atoms with E-state index in [9.17, 15) is 19.2 Å². The Labute approximate surface area is 189 Å². The Balaban J connectivity index is 1.69. The topological polar surface area (TPSA) is 92.8 Å². The molecule has 1 fully saturated rings. The Morgan fingerprint density at radius 3 is 2.57 bits per heavy atom. The molecule has 0 atom stereocenters. The van der Waals surface area contributed by atoms with Crippen molar-refractivity contribution in [1.29, 1.82) is 0 Å². The van der Waals surface area contributed by atoms with E-state index in [0.717, 1.165) is 26.7 Å². The quantitative estimate of drug-likeness (QED) is 0.469. The number of benzene rings is 2. The van der Waals surface area contributed by atoms with E-state index >= 15 is 0 Å². The second kappa shape index (κ2) is 9.46. The average molecular weight is 510 g/mol. The number of rotatable bonds is 5. The van der Waals surface area contributed by atoms with Crippen molar-refractivity contribution in [3.8, 4) is 0 Å². The number of ether oxygens (including phenoxy) is 1. The van der Waals surface area contributed by atoms with E-state index in [-0.39, 0.29) is 21.2 Å². The molecule has 1 N–H and O–H groups in total. The molecule has 7 nitrogen and oxygen atoms in total. The minimum Gasteiger partial charge on any atom is -0.465 e. The van der Waals surface area contributed by atoms with Gasteiger partial charge in [-0.15, -0.1) is 0 Å². The highest BCUT2D eigenvalue weighted by Crippen LogP contribution is 2.32. The first-order valence-electron chi connectivity index (χ1n) is 8.47. The summed E-state index contributed by atoms with van der Waals surface area (Å²) in [5, 5.41) is 2.17. The van der Waals surface area contributed by atoms with Crippen molar-refractivity contribution in [3.05, 3.63) is 68.0 Å². The standard InChI is InChI=1S/C20H14BrClN2O5S/c1-29-19(27)14-9-13(6-7-15(14)22)23-17(25)10-24-18(26)16(30-20(24)28)8-11-2-4-12(21)5-3-11/h2-9H,10H2,1H3,(H,23,25)/b16-8+. The van der Waals surface area contributed by atoms with Gasteiger partial charge in [0.1, 0.15) is 6.54 Å². The molecule has 1 heterocycles. The maximum atomic E-state index is 12.6. The first kappa shape index (κ1) is 22.1. The molecule has 2 aromatic rings. The van der Waals surface area contributed by atoms with Crippen LogP contribution in [0, 0.1) is 0 Å². The average Bonchev–Trinajstić information content (AvgIpc) is 2.98. The molecule has 0 bridgehead atoms. The third kappa shape index (κ3) is 5.10. The van der Waals surface area contributed by atoms with Gasteiger partial charge in [-0.2, -0.15) is 0 Å². The van der Waals surface area contributed by atoms with E-state index < -0.39 is 29.6 Å². The van der Waals surface area contributed by atoms with Crippen LogP contribution in [0.2, 0.25) is 5.02 Å². The summed E-state index contributed by atoms with van der Waals surface area (Å²) in [7, 11) is 1.21. The number of thioether (sulfide) groups is 1. The second-order valence-electron chi connectivity index (χ2n) is 6.05. The van der Waals surface area contributed by atoms with Gasteiger partial charge in [0.05, 0.1) is 22.6 Å². The van der Waals surface area contributed by atoms with Crippen LogP contribution in [-0.4, -0.2) is 41.6 Å². The monoisotopic (exact) mass is 508 g/mol. The molecule has 0 saturated carbocycles. The minimum absolute atomic E-state index is 0.0839. The molecule has 0 spiro atoms. The molecular weight excluding hydrogens is 496 g/mol. The van der Waals surface area contributed by atoms with Crippen LogP contribution in [0.5, 0.6) is 0 Å². The number of carbonyl (C=O) groups excluding carboxylic acids is 4. The number of esters is 1. The van der Waals surface area contributed by atoms with E-state index in [4.69, 9.17) is 11.6 Å². The lowest BCUT2D eigenvalue weighted by Gasteiger charge is -2.13. The molecule has 10 heteroatoms. The molecule has 30 heavy (non-hydrogen) atoms. The second-order valence-corrected chi connectivity index (χ2v) is 8.37. The van der Waals surface area contributed by atoms with Crippen LogP contribution >= 0.6 is 39.3 Å². The van der Waals surface area contributed by atoms with Crippen molar-refractivity contribution in [1.82, 2.24) is 4.90 Å². The Hall–Kier alpha value is -2.62. The van der Waals surface area contributed by atoms with Crippen molar-refractivity contribution in [2.24, 2.45) is 0 Å². The summed E-state index contributed by atoms with van der Waals surface area (Å²) in [6.45, 7) is -0.460. The number of halogens is 2. The van der Waals surface area contributed by atoms with Gasteiger partial charge in [-0.25, -0.2) is 4.79 Å². The lowest BCUT2D eigenvalue weighted by atomic mass is 10.2. The molecule has 1 saturated heterocycles. The molecule has 1 aliphatic rings. The van der Waals surface area contributed by atoms with Crippen molar-refractivity contribution < 1.29 is 23.9 Å². The largest absolute Gasteiger partial charge is 0.465 e. The third-order valence-electron chi connectivity index (χ3n) is 4.00. The van der Waals surface area contributed by atoms with E-state index in [0.29, 0.717) is 0 Å². The number of nitrogens with zero attached hydrogens (tertiary/aromatic N) is 1. The fraction of sp³-hybridized carbons (Fsp3) is 0.100. The molecule has 1 aliphatic heterocycles. The molecule has 3 amide bonds. The molecule has 154 valence electrons. The number of hydrogen-bond acceptors (Lipinski definition) is 6. The number of imide groups is 1. The van der Waals surface area contributed by atoms with Crippen molar-refractivity contribution in [2.75, 3.05) is 19.0 Å². The van der Waals surface area contributed by atoms with Gasteiger partial charge >= 0.3 is 5.97 Å². The van der Waals surface area contributed by atoms with E-state index in [2.05, 4.69) is 26.0 Å². The highest BCUT2D eigenvalue weighted by Gasteiger charge is 2.36. The maximum absolute atomic E-state index is 12.6. The summed E-state index contributed by atoms with van der Waals surface area (Å²) >= 11 is 10.1. The Kier molecular flexibility index (Phi) is 6.96. The predicted octanol–water partition coefficient (Wildman–Crippen LogP) is 4.56. The molecule has 0 aromatic heterocycles. The number of nitrogens with one attached hydrogen (secondary N) is 1. The summed E-state index contributed by atoms with van der Waals surface area (Å²) in [4.78, 5) is 49.9. The Bertz CT molecular complexity index is 1070. The van der Waals surface area contributed by atoms with E-state index in [1.807, 2.05) is 12.1 Å². The van der Waals surface area contributed by atoms with Crippen LogP contribution in [0.4, 0.5) is 10.5 Å². The first-order chi connectivity index (χ1) is 14.3. The summed E-state index contributed by atoms with van der Waals surface area (Å²) in [5.41, 5.74) is 1.12. The number of hydrogen-bond donors (Lipinski definition) is 1. The van der Waals surface area contributed by atoms with Gasteiger partial charge in [0.15, 0.2) is 0 Å². The summed E-state index contributed by atoms with van der Waals surface area (Å²) in [5.74, 6) is -1.80. The molecule has 0 aliphatic carbocycles. The third-order valence-corrected chi connectivity index (χ3v) is 5.76.